The molecule has 2 N–H and O–H groups in total. The van der Waals surface area contributed by atoms with Crippen LogP contribution >= 0.6 is 15.9 Å². The summed E-state index contributed by atoms with van der Waals surface area (Å²) in [6.07, 6.45) is 2.30. The second-order valence-corrected chi connectivity index (χ2v) is 4.20. The second kappa shape index (κ2) is 4.40. The number of halogens is 1. The van der Waals surface area contributed by atoms with Crippen LogP contribution in [0.25, 0.3) is 0 Å². The third-order valence-electron chi connectivity index (χ3n) is 2.02. The predicted molar refractivity (Wildman–Crippen MR) is 63.4 cm³/mol. The smallest absolute Gasteiger partial charge is 0.0726 e. The van der Waals surface area contributed by atoms with Gasteiger partial charge in [-0.3, -0.25) is 0 Å². The van der Waals surface area contributed by atoms with Crippen LogP contribution in [0, 0.1) is 0 Å². The van der Waals surface area contributed by atoms with Crippen LogP contribution in [0.15, 0.2) is 41.0 Å². The molecule has 1 aromatic heterocycles. The van der Waals surface area contributed by atoms with Crippen molar-refractivity contribution in [3.63, 3.8) is 0 Å². The van der Waals surface area contributed by atoms with E-state index < -0.39 is 0 Å². The highest BCUT2D eigenvalue weighted by Gasteiger charge is 1.98. The van der Waals surface area contributed by atoms with Gasteiger partial charge in [0, 0.05) is 10.9 Å². The average molecular weight is 264 g/mol. The van der Waals surface area contributed by atoms with Crippen LogP contribution in [-0.2, 0) is 6.42 Å². The number of nitrogens with zero attached hydrogens (tertiary/aromatic N) is 2. The van der Waals surface area contributed by atoms with Gasteiger partial charge in [0.1, 0.15) is 0 Å². The molecule has 15 heavy (non-hydrogen) atoms. The van der Waals surface area contributed by atoms with Gasteiger partial charge in [-0.1, -0.05) is 28.1 Å². The molecule has 4 heteroatoms. The maximum Gasteiger partial charge on any atom is 0.0726 e. The molecule has 0 unspecified atom stereocenters. The lowest BCUT2D eigenvalue weighted by Crippen LogP contribution is -1.96. The molecule has 3 nitrogen and oxygen atoms in total. The number of nitrogen functional groups attached to an aromatic ring is 1. The number of anilines is 1. The zero-order chi connectivity index (χ0) is 10.7. The first-order valence-corrected chi connectivity index (χ1v) is 5.35. The normalized spacial score (nSPS) is 10.2. The Morgan fingerprint density at radius 2 is 1.93 bits per heavy atom. The van der Waals surface area contributed by atoms with Crippen LogP contribution in [0.3, 0.4) is 0 Å². The Bertz CT molecular complexity index is 454. The van der Waals surface area contributed by atoms with Crippen LogP contribution in [0.2, 0.25) is 0 Å². The highest BCUT2D eigenvalue weighted by molar-refractivity contribution is 9.10. The van der Waals surface area contributed by atoms with Crippen molar-refractivity contribution < 1.29 is 0 Å². The molecule has 0 bridgehead atoms. The molecular formula is C11H10BrN3. The lowest BCUT2D eigenvalue weighted by atomic mass is 10.1. The van der Waals surface area contributed by atoms with Crippen molar-refractivity contribution in [2.45, 2.75) is 6.42 Å². The summed E-state index contributed by atoms with van der Waals surface area (Å²) in [5, 5.41) is 7.83. The van der Waals surface area contributed by atoms with Crippen molar-refractivity contribution in [3.8, 4) is 0 Å². The second-order valence-electron chi connectivity index (χ2n) is 3.28. The molecule has 0 aliphatic rings. The Labute approximate surface area is 96.5 Å². The van der Waals surface area contributed by atoms with Gasteiger partial charge in [0.25, 0.3) is 0 Å². The third-order valence-corrected chi connectivity index (χ3v) is 2.55. The quantitative estimate of drug-likeness (QED) is 0.906. The van der Waals surface area contributed by atoms with Crippen molar-refractivity contribution in [2.24, 2.45) is 0 Å². The fraction of sp³-hybridized carbons (Fsp3) is 0.0909. The van der Waals surface area contributed by atoms with E-state index in [9.17, 15) is 0 Å². The van der Waals surface area contributed by atoms with Crippen molar-refractivity contribution in [1.82, 2.24) is 10.2 Å². The van der Waals surface area contributed by atoms with E-state index in [0.29, 0.717) is 5.69 Å². The van der Waals surface area contributed by atoms with Crippen LogP contribution in [0.4, 0.5) is 5.69 Å². The van der Waals surface area contributed by atoms with Gasteiger partial charge in [0.05, 0.1) is 17.6 Å². The van der Waals surface area contributed by atoms with Gasteiger partial charge in [-0.2, -0.15) is 10.2 Å². The summed E-state index contributed by atoms with van der Waals surface area (Å²) in [4.78, 5) is 0. The number of hydrogen-bond acceptors (Lipinski definition) is 3. The summed E-state index contributed by atoms with van der Waals surface area (Å²) in [7, 11) is 0. The van der Waals surface area contributed by atoms with Gasteiger partial charge in [0.15, 0.2) is 0 Å². The van der Waals surface area contributed by atoms with Crippen LogP contribution in [0.1, 0.15) is 11.3 Å². The number of hydrogen-bond donors (Lipinski definition) is 1. The fourth-order valence-electron chi connectivity index (χ4n) is 1.33. The van der Waals surface area contributed by atoms with Gasteiger partial charge in [-0.15, -0.1) is 0 Å². The predicted octanol–water partition coefficient (Wildman–Crippen LogP) is 2.41. The Hall–Kier alpha value is -1.42. The van der Waals surface area contributed by atoms with E-state index in [4.69, 9.17) is 5.73 Å². The molecule has 0 atom stereocenters. The van der Waals surface area contributed by atoms with Crippen molar-refractivity contribution in [3.05, 3.63) is 52.3 Å². The summed E-state index contributed by atoms with van der Waals surface area (Å²) in [5.41, 5.74) is 8.36. The summed E-state index contributed by atoms with van der Waals surface area (Å²) in [6.45, 7) is 0. The molecule has 0 amide bonds. The largest absolute Gasteiger partial charge is 0.397 e. The first-order valence-electron chi connectivity index (χ1n) is 4.55. The lowest BCUT2D eigenvalue weighted by molar-refractivity contribution is 0.939. The highest BCUT2D eigenvalue weighted by Crippen LogP contribution is 2.13. The minimum absolute atomic E-state index is 0.650. The number of benzene rings is 1. The highest BCUT2D eigenvalue weighted by atomic mass is 79.9. The lowest BCUT2D eigenvalue weighted by Gasteiger charge is -2.01. The first kappa shape index (κ1) is 10.1. The zero-order valence-electron chi connectivity index (χ0n) is 8.02. The molecule has 0 aliphatic carbocycles. The minimum Gasteiger partial charge on any atom is -0.397 e. The topological polar surface area (TPSA) is 51.8 Å². The Morgan fingerprint density at radius 3 is 2.60 bits per heavy atom. The third kappa shape index (κ3) is 2.76. The zero-order valence-corrected chi connectivity index (χ0v) is 9.61. The van der Waals surface area contributed by atoms with E-state index in [1.54, 1.807) is 6.20 Å². The molecular weight excluding hydrogens is 254 g/mol. The molecule has 0 spiro atoms. The van der Waals surface area contributed by atoms with E-state index in [-0.39, 0.29) is 0 Å². The summed E-state index contributed by atoms with van der Waals surface area (Å²) < 4.78 is 1.07. The molecule has 0 saturated heterocycles. The van der Waals surface area contributed by atoms with Crippen molar-refractivity contribution in [2.75, 3.05) is 5.73 Å². The molecule has 0 saturated carbocycles. The van der Waals surface area contributed by atoms with E-state index in [1.165, 1.54) is 5.56 Å². The Kier molecular flexibility index (Phi) is 2.97. The minimum atomic E-state index is 0.650. The average Bonchev–Trinajstić information content (AvgIpc) is 2.22. The van der Waals surface area contributed by atoms with Crippen molar-refractivity contribution in [1.29, 1.82) is 0 Å². The standard InChI is InChI=1S/C11H10BrN3/c12-9-3-1-8(2-4-9)5-11-6-10(13)7-14-15-11/h1-4,6-7H,5H2,(H2,13,15). The van der Waals surface area contributed by atoms with Crippen molar-refractivity contribution >= 4 is 21.6 Å². The summed E-state index contributed by atoms with van der Waals surface area (Å²) in [5.74, 6) is 0. The monoisotopic (exact) mass is 263 g/mol. The molecule has 2 rings (SSSR count). The fourth-order valence-corrected chi connectivity index (χ4v) is 1.59. The summed E-state index contributed by atoms with van der Waals surface area (Å²) >= 11 is 3.39. The van der Waals surface area contributed by atoms with E-state index in [2.05, 4.69) is 38.3 Å². The number of nitrogens with two attached hydrogens (primary N) is 1. The van der Waals surface area contributed by atoms with Gasteiger partial charge in [0.2, 0.25) is 0 Å². The molecule has 0 aliphatic heterocycles. The maximum absolute atomic E-state index is 5.63. The molecule has 1 aromatic carbocycles. The molecule has 2 aromatic rings. The Morgan fingerprint density at radius 1 is 1.20 bits per heavy atom. The first-order chi connectivity index (χ1) is 7.24. The molecule has 0 fully saturated rings. The van der Waals surface area contributed by atoms with Crippen LogP contribution in [-0.4, -0.2) is 10.2 Å². The molecule has 76 valence electrons. The molecule has 1 heterocycles. The van der Waals surface area contributed by atoms with Gasteiger partial charge in [-0.25, -0.2) is 0 Å². The van der Waals surface area contributed by atoms with Gasteiger partial charge < -0.3 is 5.73 Å². The SMILES string of the molecule is Nc1cnnc(Cc2ccc(Br)cc2)c1. The van der Waals surface area contributed by atoms with Crippen LogP contribution in [0.5, 0.6) is 0 Å². The van der Waals surface area contributed by atoms with E-state index in [0.717, 1.165) is 16.6 Å². The molecule has 0 radical (unpaired) electrons. The Balaban J connectivity index is 2.18. The number of rotatable bonds is 2. The van der Waals surface area contributed by atoms with Crippen LogP contribution < -0.4 is 5.73 Å². The van der Waals surface area contributed by atoms with E-state index in [1.807, 2.05) is 18.2 Å². The number of aromatic nitrogens is 2. The van der Waals surface area contributed by atoms with Gasteiger partial charge >= 0.3 is 0 Å². The van der Waals surface area contributed by atoms with E-state index >= 15 is 0 Å². The summed E-state index contributed by atoms with van der Waals surface area (Å²) in [6, 6.07) is 9.96. The maximum atomic E-state index is 5.63. The van der Waals surface area contributed by atoms with Gasteiger partial charge in [-0.05, 0) is 23.8 Å².